The molecule has 1 atom stereocenters. The van der Waals surface area contributed by atoms with Gasteiger partial charge in [0, 0.05) is 11.1 Å². The van der Waals surface area contributed by atoms with Crippen molar-refractivity contribution in [3.8, 4) is 0 Å². The lowest BCUT2D eigenvalue weighted by atomic mass is 10.0. The summed E-state index contributed by atoms with van der Waals surface area (Å²) in [6, 6.07) is 3.82. The Kier molecular flexibility index (Phi) is 3.27. The Balaban J connectivity index is 2.19. The molecule has 1 saturated heterocycles. The highest BCUT2D eigenvalue weighted by molar-refractivity contribution is 6.30. The molecular formula is C12H15ClFN. The molecule has 1 aromatic carbocycles. The molecule has 1 heterocycles. The minimum absolute atomic E-state index is 0.104. The van der Waals surface area contributed by atoms with Crippen LogP contribution < -0.4 is 5.32 Å². The van der Waals surface area contributed by atoms with Crippen molar-refractivity contribution in [3.63, 3.8) is 0 Å². The van der Waals surface area contributed by atoms with Crippen molar-refractivity contribution in [3.05, 3.63) is 34.1 Å². The number of aryl methyl sites for hydroxylation is 1. The Labute approximate surface area is 94.6 Å². The van der Waals surface area contributed by atoms with Gasteiger partial charge >= 0.3 is 0 Å². The van der Waals surface area contributed by atoms with Crippen LogP contribution in [0.1, 0.15) is 24.0 Å². The Bertz CT molecular complexity index is 359. The van der Waals surface area contributed by atoms with E-state index in [9.17, 15) is 4.39 Å². The van der Waals surface area contributed by atoms with E-state index in [1.54, 1.807) is 19.1 Å². The Hall–Kier alpha value is -0.600. The maximum Gasteiger partial charge on any atom is 0.129 e. The molecule has 1 nitrogen and oxygen atoms in total. The van der Waals surface area contributed by atoms with Crippen molar-refractivity contribution in [1.29, 1.82) is 0 Å². The average molecular weight is 228 g/mol. The van der Waals surface area contributed by atoms with Crippen LogP contribution in [-0.4, -0.2) is 12.6 Å². The van der Waals surface area contributed by atoms with E-state index in [1.807, 2.05) is 0 Å². The van der Waals surface area contributed by atoms with E-state index in [-0.39, 0.29) is 5.82 Å². The summed E-state index contributed by atoms with van der Waals surface area (Å²) >= 11 is 5.92. The number of hydrogen-bond donors (Lipinski definition) is 1. The van der Waals surface area contributed by atoms with E-state index in [2.05, 4.69) is 5.32 Å². The Morgan fingerprint density at radius 2 is 2.33 bits per heavy atom. The largest absolute Gasteiger partial charge is 0.314 e. The molecule has 0 spiro atoms. The summed E-state index contributed by atoms with van der Waals surface area (Å²) in [5, 5.41) is 3.99. The Morgan fingerprint density at radius 1 is 1.53 bits per heavy atom. The molecule has 0 amide bonds. The normalized spacial score (nSPS) is 20.9. The predicted molar refractivity (Wildman–Crippen MR) is 60.9 cm³/mol. The van der Waals surface area contributed by atoms with Crippen LogP contribution in [0.5, 0.6) is 0 Å². The second-order valence-electron chi connectivity index (χ2n) is 4.19. The molecule has 0 aliphatic carbocycles. The molecule has 0 bridgehead atoms. The summed E-state index contributed by atoms with van der Waals surface area (Å²) in [5.41, 5.74) is 1.37. The molecular weight excluding hydrogens is 213 g/mol. The molecule has 1 aromatic rings. The lowest BCUT2D eigenvalue weighted by molar-refractivity contribution is 0.556. The third-order valence-corrected chi connectivity index (χ3v) is 3.14. The van der Waals surface area contributed by atoms with E-state index >= 15 is 0 Å². The van der Waals surface area contributed by atoms with Gasteiger partial charge in [-0.1, -0.05) is 11.6 Å². The first kappa shape index (κ1) is 10.9. The molecule has 1 fully saturated rings. The van der Waals surface area contributed by atoms with Gasteiger partial charge < -0.3 is 5.32 Å². The van der Waals surface area contributed by atoms with Crippen LogP contribution in [0.15, 0.2) is 12.1 Å². The molecule has 2 rings (SSSR count). The van der Waals surface area contributed by atoms with Crippen LogP contribution in [0, 0.1) is 12.7 Å². The standard InChI is InChI=1S/C12H15ClFN/c1-8-5-10(13)6-9(12(8)14)7-11-3-2-4-15-11/h5-6,11,15H,2-4,7H2,1H3. The lowest BCUT2D eigenvalue weighted by Crippen LogP contribution is -2.24. The average Bonchev–Trinajstić information content (AvgIpc) is 2.66. The molecule has 82 valence electrons. The summed E-state index contributed by atoms with van der Waals surface area (Å²) < 4.78 is 13.7. The minimum atomic E-state index is -0.104. The van der Waals surface area contributed by atoms with Gasteiger partial charge in [0.15, 0.2) is 0 Å². The zero-order valence-corrected chi connectivity index (χ0v) is 9.57. The van der Waals surface area contributed by atoms with Gasteiger partial charge in [-0.2, -0.15) is 0 Å². The Morgan fingerprint density at radius 3 is 3.00 bits per heavy atom. The molecule has 1 aliphatic heterocycles. The van der Waals surface area contributed by atoms with Gasteiger partial charge in [-0.3, -0.25) is 0 Å². The number of halogens is 2. The highest BCUT2D eigenvalue weighted by Gasteiger charge is 2.17. The van der Waals surface area contributed by atoms with E-state index in [0.717, 1.165) is 24.9 Å². The summed E-state index contributed by atoms with van der Waals surface area (Å²) in [4.78, 5) is 0. The van der Waals surface area contributed by atoms with Crippen LogP contribution in [0.4, 0.5) is 4.39 Å². The van der Waals surface area contributed by atoms with E-state index in [0.29, 0.717) is 16.6 Å². The van der Waals surface area contributed by atoms with Gasteiger partial charge in [0.2, 0.25) is 0 Å². The fourth-order valence-electron chi connectivity index (χ4n) is 2.14. The lowest BCUT2D eigenvalue weighted by Gasteiger charge is -2.12. The van der Waals surface area contributed by atoms with Crippen LogP contribution in [0.3, 0.4) is 0 Å². The highest BCUT2D eigenvalue weighted by atomic mass is 35.5. The van der Waals surface area contributed by atoms with Crippen LogP contribution in [0.25, 0.3) is 0 Å². The monoisotopic (exact) mass is 227 g/mol. The molecule has 1 aliphatic rings. The second-order valence-corrected chi connectivity index (χ2v) is 4.63. The number of benzene rings is 1. The van der Waals surface area contributed by atoms with E-state index in [1.165, 1.54) is 6.42 Å². The maximum atomic E-state index is 13.7. The van der Waals surface area contributed by atoms with Gasteiger partial charge in [0.1, 0.15) is 5.82 Å². The van der Waals surface area contributed by atoms with Gasteiger partial charge in [0.25, 0.3) is 0 Å². The number of hydrogen-bond acceptors (Lipinski definition) is 1. The molecule has 0 aromatic heterocycles. The topological polar surface area (TPSA) is 12.0 Å². The molecule has 15 heavy (non-hydrogen) atoms. The first-order valence-corrected chi connectivity index (χ1v) is 5.72. The summed E-state index contributed by atoms with van der Waals surface area (Å²) in [6.45, 7) is 2.80. The smallest absolute Gasteiger partial charge is 0.129 e. The van der Waals surface area contributed by atoms with Crippen molar-refractivity contribution in [2.24, 2.45) is 0 Å². The maximum absolute atomic E-state index is 13.7. The number of nitrogens with one attached hydrogen (secondary N) is 1. The van der Waals surface area contributed by atoms with Crippen LogP contribution in [-0.2, 0) is 6.42 Å². The fourth-order valence-corrected chi connectivity index (χ4v) is 2.44. The highest BCUT2D eigenvalue weighted by Crippen LogP contribution is 2.22. The molecule has 0 radical (unpaired) electrons. The third-order valence-electron chi connectivity index (χ3n) is 2.92. The van der Waals surface area contributed by atoms with Crippen molar-refractivity contribution in [1.82, 2.24) is 5.32 Å². The minimum Gasteiger partial charge on any atom is -0.314 e. The van der Waals surface area contributed by atoms with Crippen molar-refractivity contribution in [2.75, 3.05) is 6.54 Å². The first-order valence-electron chi connectivity index (χ1n) is 5.34. The quantitative estimate of drug-likeness (QED) is 0.819. The SMILES string of the molecule is Cc1cc(Cl)cc(CC2CCCN2)c1F. The van der Waals surface area contributed by atoms with E-state index in [4.69, 9.17) is 11.6 Å². The van der Waals surface area contributed by atoms with Crippen molar-refractivity contribution < 1.29 is 4.39 Å². The summed E-state index contributed by atoms with van der Waals surface area (Å²) in [5.74, 6) is -0.104. The van der Waals surface area contributed by atoms with Crippen LogP contribution in [0.2, 0.25) is 5.02 Å². The summed E-state index contributed by atoms with van der Waals surface area (Å²) in [7, 11) is 0. The summed E-state index contributed by atoms with van der Waals surface area (Å²) in [6.07, 6.45) is 3.06. The van der Waals surface area contributed by atoms with Gasteiger partial charge in [0.05, 0.1) is 0 Å². The molecule has 1 unspecified atom stereocenters. The molecule has 1 N–H and O–H groups in total. The number of rotatable bonds is 2. The zero-order valence-electron chi connectivity index (χ0n) is 8.82. The van der Waals surface area contributed by atoms with Crippen molar-refractivity contribution >= 4 is 11.6 Å². The van der Waals surface area contributed by atoms with Gasteiger partial charge in [-0.15, -0.1) is 0 Å². The van der Waals surface area contributed by atoms with Gasteiger partial charge in [-0.25, -0.2) is 4.39 Å². The van der Waals surface area contributed by atoms with E-state index < -0.39 is 0 Å². The van der Waals surface area contributed by atoms with Crippen LogP contribution >= 0.6 is 11.6 Å². The first-order chi connectivity index (χ1) is 7.16. The second kappa shape index (κ2) is 4.50. The predicted octanol–water partition coefficient (Wildman–Crippen LogP) is 3.08. The fraction of sp³-hybridized carbons (Fsp3) is 0.500. The third kappa shape index (κ3) is 2.50. The van der Waals surface area contributed by atoms with Crippen molar-refractivity contribution in [2.45, 2.75) is 32.2 Å². The zero-order chi connectivity index (χ0) is 10.8. The van der Waals surface area contributed by atoms with Gasteiger partial charge in [-0.05, 0) is 56.0 Å². The molecule has 3 heteroatoms. The molecule has 0 saturated carbocycles.